The van der Waals surface area contributed by atoms with Crippen molar-refractivity contribution in [2.75, 3.05) is 0 Å². The van der Waals surface area contributed by atoms with Gasteiger partial charge in [0.2, 0.25) is 0 Å². The van der Waals surface area contributed by atoms with Gasteiger partial charge in [0.25, 0.3) is 0 Å². The molecule has 0 saturated carbocycles. The SMILES string of the molecule is CC.N#CSC1c2ccccc2CCc2ccncc21. The molecule has 1 aromatic heterocycles. The largest absolute Gasteiger partial charge is 0.264 e. The van der Waals surface area contributed by atoms with Crippen molar-refractivity contribution >= 4 is 11.8 Å². The molecule has 0 aliphatic heterocycles. The molecule has 2 aromatic rings. The van der Waals surface area contributed by atoms with Crippen LogP contribution in [-0.4, -0.2) is 4.98 Å². The predicted octanol–water partition coefficient (Wildman–Crippen LogP) is 4.51. The summed E-state index contributed by atoms with van der Waals surface area (Å²) in [6, 6.07) is 10.5. The number of thiocyanates is 1. The molecule has 2 nitrogen and oxygen atoms in total. The molecule has 0 fully saturated rings. The fraction of sp³-hybridized carbons (Fsp3) is 0.294. The molecule has 0 bridgehead atoms. The Kier molecular flexibility index (Phi) is 5.20. The first-order valence-electron chi connectivity index (χ1n) is 6.95. The van der Waals surface area contributed by atoms with Crippen LogP contribution < -0.4 is 0 Å². The lowest BCUT2D eigenvalue weighted by Gasteiger charge is -2.15. The molecule has 0 saturated heterocycles. The highest BCUT2D eigenvalue weighted by atomic mass is 32.2. The van der Waals surface area contributed by atoms with Crippen molar-refractivity contribution in [2.45, 2.75) is 31.9 Å². The molecule has 1 heterocycles. The highest BCUT2D eigenvalue weighted by Gasteiger charge is 2.23. The number of aromatic nitrogens is 1. The molecule has 0 amide bonds. The number of hydrogen-bond donors (Lipinski definition) is 0. The Hall–Kier alpha value is -1.79. The van der Waals surface area contributed by atoms with E-state index in [0.717, 1.165) is 12.8 Å². The van der Waals surface area contributed by atoms with E-state index in [-0.39, 0.29) is 5.25 Å². The van der Waals surface area contributed by atoms with Crippen LogP contribution >= 0.6 is 11.8 Å². The lowest BCUT2D eigenvalue weighted by molar-refractivity contribution is 0.960. The number of nitriles is 1. The summed E-state index contributed by atoms with van der Waals surface area (Å²) in [5.74, 6) is 0. The van der Waals surface area contributed by atoms with E-state index in [9.17, 15) is 0 Å². The monoisotopic (exact) mass is 282 g/mol. The van der Waals surface area contributed by atoms with Crippen molar-refractivity contribution in [3.63, 3.8) is 0 Å². The van der Waals surface area contributed by atoms with Gasteiger partial charge in [0, 0.05) is 12.4 Å². The minimum Gasteiger partial charge on any atom is -0.264 e. The van der Waals surface area contributed by atoms with E-state index < -0.39 is 0 Å². The molecule has 1 aliphatic rings. The van der Waals surface area contributed by atoms with Crippen LogP contribution in [-0.2, 0) is 12.8 Å². The maximum atomic E-state index is 9.05. The first-order chi connectivity index (χ1) is 9.90. The van der Waals surface area contributed by atoms with E-state index in [1.54, 1.807) is 0 Å². The zero-order chi connectivity index (χ0) is 14.4. The third-order valence-corrected chi connectivity index (χ3v) is 4.25. The van der Waals surface area contributed by atoms with Gasteiger partial charge in [-0.15, -0.1) is 0 Å². The van der Waals surface area contributed by atoms with Crippen molar-refractivity contribution in [2.24, 2.45) is 0 Å². The van der Waals surface area contributed by atoms with Gasteiger partial charge < -0.3 is 0 Å². The van der Waals surface area contributed by atoms with E-state index >= 15 is 0 Å². The summed E-state index contributed by atoms with van der Waals surface area (Å²) >= 11 is 1.32. The molecule has 0 N–H and O–H groups in total. The Morgan fingerprint density at radius 3 is 2.55 bits per heavy atom. The Morgan fingerprint density at radius 1 is 1.10 bits per heavy atom. The second-order valence-electron chi connectivity index (χ2n) is 4.36. The van der Waals surface area contributed by atoms with Crippen LogP contribution in [0.1, 0.15) is 41.4 Å². The van der Waals surface area contributed by atoms with Crippen molar-refractivity contribution in [1.82, 2.24) is 4.98 Å². The fourth-order valence-electron chi connectivity index (χ4n) is 2.53. The number of rotatable bonds is 1. The molecule has 20 heavy (non-hydrogen) atoms. The summed E-state index contributed by atoms with van der Waals surface area (Å²) in [7, 11) is 0. The average Bonchev–Trinajstić information content (AvgIpc) is 2.68. The van der Waals surface area contributed by atoms with Gasteiger partial charge in [-0.3, -0.25) is 4.98 Å². The lowest BCUT2D eigenvalue weighted by atomic mass is 10.0. The number of hydrogen-bond acceptors (Lipinski definition) is 3. The third kappa shape index (κ3) is 2.86. The molecule has 1 atom stereocenters. The zero-order valence-corrected chi connectivity index (χ0v) is 12.7. The van der Waals surface area contributed by atoms with Crippen molar-refractivity contribution in [1.29, 1.82) is 5.26 Å². The molecular formula is C17H18N2S. The lowest BCUT2D eigenvalue weighted by Crippen LogP contribution is -1.99. The topological polar surface area (TPSA) is 36.7 Å². The number of aryl methyl sites for hydroxylation is 2. The number of nitrogens with zero attached hydrogens (tertiary/aromatic N) is 2. The summed E-state index contributed by atoms with van der Waals surface area (Å²) in [5.41, 5.74) is 5.11. The number of fused-ring (bicyclic) bond motifs is 2. The summed E-state index contributed by atoms with van der Waals surface area (Å²) in [6.45, 7) is 4.00. The minimum atomic E-state index is 0.0948. The minimum absolute atomic E-state index is 0.0948. The van der Waals surface area contributed by atoms with Gasteiger partial charge in [0.1, 0.15) is 5.40 Å². The molecule has 1 aromatic carbocycles. The van der Waals surface area contributed by atoms with E-state index in [0.29, 0.717) is 0 Å². The maximum Gasteiger partial charge on any atom is 0.134 e. The van der Waals surface area contributed by atoms with Crippen LogP contribution in [0.2, 0.25) is 0 Å². The summed E-state index contributed by atoms with van der Waals surface area (Å²) in [4.78, 5) is 4.22. The molecule has 102 valence electrons. The number of pyridine rings is 1. The quantitative estimate of drug-likeness (QED) is 0.722. The van der Waals surface area contributed by atoms with Crippen molar-refractivity contribution in [3.8, 4) is 5.40 Å². The molecule has 1 aliphatic carbocycles. The molecule has 3 rings (SSSR count). The number of thioether (sulfide) groups is 1. The van der Waals surface area contributed by atoms with E-state index in [4.69, 9.17) is 5.26 Å². The van der Waals surface area contributed by atoms with E-state index in [1.165, 1.54) is 34.0 Å². The Labute approximate surface area is 124 Å². The van der Waals surface area contributed by atoms with Crippen LogP contribution in [0.4, 0.5) is 0 Å². The third-order valence-electron chi connectivity index (χ3n) is 3.40. The Bertz CT molecular complexity index is 569. The van der Waals surface area contributed by atoms with Crippen LogP contribution in [0.15, 0.2) is 42.7 Å². The van der Waals surface area contributed by atoms with Gasteiger partial charge in [-0.2, -0.15) is 5.26 Å². The normalized spacial score (nSPS) is 15.8. The summed E-state index contributed by atoms with van der Waals surface area (Å²) < 4.78 is 0. The van der Waals surface area contributed by atoms with Gasteiger partial charge >= 0.3 is 0 Å². The highest BCUT2D eigenvalue weighted by molar-refractivity contribution is 8.04. The van der Waals surface area contributed by atoms with Crippen LogP contribution in [0, 0.1) is 10.7 Å². The molecule has 1 unspecified atom stereocenters. The first kappa shape index (κ1) is 14.6. The predicted molar refractivity (Wildman–Crippen MR) is 84.5 cm³/mol. The second-order valence-corrected chi connectivity index (χ2v) is 5.25. The fourth-order valence-corrected chi connectivity index (χ4v) is 3.33. The van der Waals surface area contributed by atoms with E-state index in [2.05, 4.69) is 34.7 Å². The zero-order valence-electron chi connectivity index (χ0n) is 11.8. The van der Waals surface area contributed by atoms with Crippen LogP contribution in [0.25, 0.3) is 0 Å². The van der Waals surface area contributed by atoms with E-state index in [1.807, 2.05) is 32.3 Å². The second kappa shape index (κ2) is 7.12. The highest BCUT2D eigenvalue weighted by Crippen LogP contribution is 2.40. The Morgan fingerprint density at radius 2 is 1.80 bits per heavy atom. The van der Waals surface area contributed by atoms with Crippen molar-refractivity contribution in [3.05, 3.63) is 65.0 Å². The average molecular weight is 282 g/mol. The van der Waals surface area contributed by atoms with Gasteiger partial charge in [0.15, 0.2) is 0 Å². The smallest absolute Gasteiger partial charge is 0.134 e. The van der Waals surface area contributed by atoms with Crippen LogP contribution in [0.3, 0.4) is 0 Å². The summed E-state index contributed by atoms with van der Waals surface area (Å²) in [5, 5.41) is 11.4. The van der Waals surface area contributed by atoms with Crippen molar-refractivity contribution < 1.29 is 0 Å². The van der Waals surface area contributed by atoms with Gasteiger partial charge in [-0.05, 0) is 52.9 Å². The molecular weight excluding hydrogens is 264 g/mol. The molecule has 3 heteroatoms. The molecule has 0 radical (unpaired) electrons. The van der Waals surface area contributed by atoms with Crippen LogP contribution in [0.5, 0.6) is 0 Å². The van der Waals surface area contributed by atoms with Gasteiger partial charge in [-0.25, -0.2) is 0 Å². The molecule has 0 spiro atoms. The summed E-state index contributed by atoms with van der Waals surface area (Å²) in [6.07, 6.45) is 5.81. The Balaban J connectivity index is 0.000000704. The standard InChI is InChI=1S/C15H12N2S.C2H6/c16-10-18-15-13-4-2-1-3-11(13)5-6-12-7-8-17-9-14(12)15;1-2/h1-4,7-9,15H,5-6H2;1-2H3. The first-order valence-corrected chi connectivity index (χ1v) is 7.83. The maximum absolute atomic E-state index is 9.05. The van der Waals surface area contributed by atoms with Gasteiger partial charge in [0.05, 0.1) is 5.25 Å². The number of benzene rings is 1. The van der Waals surface area contributed by atoms with Gasteiger partial charge in [-0.1, -0.05) is 38.1 Å².